The monoisotopic (exact) mass is 393 g/mol. The molecule has 0 aliphatic heterocycles. The van der Waals surface area contributed by atoms with Crippen LogP contribution in [0.4, 0.5) is 0 Å². The molecule has 2 aromatic carbocycles. The Morgan fingerprint density at radius 2 is 1.83 bits per heavy atom. The van der Waals surface area contributed by atoms with E-state index in [0.717, 1.165) is 15.8 Å². The number of para-hydroxylation sites is 1. The van der Waals surface area contributed by atoms with Crippen molar-refractivity contribution in [1.29, 1.82) is 0 Å². The van der Waals surface area contributed by atoms with Crippen molar-refractivity contribution in [3.8, 4) is 17.2 Å². The molecule has 0 fully saturated rings. The van der Waals surface area contributed by atoms with Crippen LogP contribution in [-0.4, -0.2) is 31.2 Å². The molecule has 0 saturated heterocycles. The minimum absolute atomic E-state index is 0.375. The third-order valence-electron chi connectivity index (χ3n) is 3.22. The molecule has 0 atom stereocenters. The topological polar surface area (TPSA) is 60.3 Å². The van der Waals surface area contributed by atoms with Crippen LogP contribution >= 0.6 is 15.9 Å². The largest absolute Gasteiger partial charge is 0.490 e. The molecular weight excluding hydrogens is 374 g/mol. The molecule has 5 nitrogen and oxygen atoms in total. The second-order valence-electron chi connectivity index (χ2n) is 4.97. The minimum Gasteiger partial charge on any atom is -0.490 e. The highest BCUT2D eigenvalue weighted by Gasteiger charge is 2.12. The molecule has 0 heterocycles. The zero-order valence-corrected chi connectivity index (χ0v) is 15.2. The first kappa shape index (κ1) is 18.1. The SMILES string of the molecule is CCOc1cc(C=NO)cc(Br)c1OCCOc1ccccc1C. The van der Waals surface area contributed by atoms with Gasteiger partial charge in [0.15, 0.2) is 11.5 Å². The van der Waals surface area contributed by atoms with Gasteiger partial charge in [0, 0.05) is 5.56 Å². The summed E-state index contributed by atoms with van der Waals surface area (Å²) in [6.07, 6.45) is 1.33. The molecule has 128 valence electrons. The standard InChI is InChI=1S/C18H20BrNO4/c1-3-22-17-11-14(12-20-21)10-15(19)18(17)24-9-8-23-16-7-5-4-6-13(16)2/h4-7,10-12,21H,3,8-9H2,1-2H3. The lowest BCUT2D eigenvalue weighted by Gasteiger charge is -2.15. The van der Waals surface area contributed by atoms with Gasteiger partial charge in [0.25, 0.3) is 0 Å². The van der Waals surface area contributed by atoms with Gasteiger partial charge in [-0.2, -0.15) is 0 Å². The third kappa shape index (κ3) is 4.89. The average Bonchev–Trinajstić information content (AvgIpc) is 2.55. The van der Waals surface area contributed by atoms with Gasteiger partial charge in [-0.1, -0.05) is 23.4 Å². The lowest BCUT2D eigenvalue weighted by molar-refractivity contribution is 0.207. The van der Waals surface area contributed by atoms with Gasteiger partial charge < -0.3 is 19.4 Å². The Morgan fingerprint density at radius 1 is 1.08 bits per heavy atom. The van der Waals surface area contributed by atoms with E-state index < -0.39 is 0 Å². The third-order valence-corrected chi connectivity index (χ3v) is 3.81. The molecule has 2 rings (SSSR count). The number of rotatable bonds is 8. The number of nitrogens with zero attached hydrogens (tertiary/aromatic N) is 1. The van der Waals surface area contributed by atoms with E-state index in [1.54, 1.807) is 12.1 Å². The van der Waals surface area contributed by atoms with Crippen molar-refractivity contribution >= 4 is 22.1 Å². The molecule has 1 N–H and O–H groups in total. The summed E-state index contributed by atoms with van der Waals surface area (Å²) in [4.78, 5) is 0. The van der Waals surface area contributed by atoms with Crippen LogP contribution in [0.3, 0.4) is 0 Å². The van der Waals surface area contributed by atoms with Gasteiger partial charge in [-0.25, -0.2) is 0 Å². The fourth-order valence-electron chi connectivity index (χ4n) is 2.15. The fourth-order valence-corrected chi connectivity index (χ4v) is 2.72. The van der Waals surface area contributed by atoms with Crippen molar-refractivity contribution in [1.82, 2.24) is 0 Å². The summed E-state index contributed by atoms with van der Waals surface area (Å²) >= 11 is 3.46. The summed E-state index contributed by atoms with van der Waals surface area (Å²) in [5, 5.41) is 11.7. The maximum atomic E-state index is 8.67. The second kappa shape index (κ2) is 9.17. The van der Waals surface area contributed by atoms with Crippen LogP contribution in [0.5, 0.6) is 17.2 Å². The predicted molar refractivity (Wildman–Crippen MR) is 96.9 cm³/mol. The number of halogens is 1. The Balaban J connectivity index is 2.02. The van der Waals surface area contributed by atoms with Crippen LogP contribution < -0.4 is 14.2 Å². The van der Waals surface area contributed by atoms with E-state index in [1.807, 2.05) is 38.1 Å². The molecule has 0 amide bonds. The number of ether oxygens (including phenoxy) is 3. The first-order valence-corrected chi connectivity index (χ1v) is 8.40. The van der Waals surface area contributed by atoms with Gasteiger partial charge in [-0.15, -0.1) is 0 Å². The van der Waals surface area contributed by atoms with Crippen molar-refractivity contribution in [3.63, 3.8) is 0 Å². The molecule has 2 aromatic rings. The number of hydrogen-bond donors (Lipinski definition) is 1. The summed E-state index contributed by atoms with van der Waals surface area (Å²) < 4.78 is 17.9. The van der Waals surface area contributed by atoms with Crippen LogP contribution in [-0.2, 0) is 0 Å². The molecule has 0 radical (unpaired) electrons. The summed E-state index contributed by atoms with van der Waals surface area (Å²) in [7, 11) is 0. The molecule has 0 spiro atoms. The van der Waals surface area contributed by atoms with Crippen molar-refractivity contribution in [2.75, 3.05) is 19.8 Å². The van der Waals surface area contributed by atoms with Crippen LogP contribution in [0.2, 0.25) is 0 Å². The molecule has 0 aromatic heterocycles. The van der Waals surface area contributed by atoms with E-state index in [2.05, 4.69) is 21.1 Å². The van der Waals surface area contributed by atoms with E-state index in [9.17, 15) is 0 Å². The smallest absolute Gasteiger partial charge is 0.175 e. The highest BCUT2D eigenvalue weighted by molar-refractivity contribution is 9.10. The number of oxime groups is 1. The number of hydrogen-bond acceptors (Lipinski definition) is 5. The number of aryl methyl sites for hydroxylation is 1. The lowest BCUT2D eigenvalue weighted by Crippen LogP contribution is -2.11. The Bertz CT molecular complexity index is 703. The van der Waals surface area contributed by atoms with Crippen molar-refractivity contribution in [2.45, 2.75) is 13.8 Å². The molecule has 0 bridgehead atoms. The van der Waals surface area contributed by atoms with Gasteiger partial charge in [-0.05, 0) is 53.5 Å². The van der Waals surface area contributed by atoms with Crippen LogP contribution in [0, 0.1) is 6.92 Å². The fraction of sp³-hybridized carbons (Fsp3) is 0.278. The maximum Gasteiger partial charge on any atom is 0.175 e. The first-order valence-electron chi connectivity index (χ1n) is 7.60. The Hall–Kier alpha value is -2.21. The van der Waals surface area contributed by atoms with Crippen molar-refractivity contribution in [3.05, 3.63) is 52.0 Å². The predicted octanol–water partition coefficient (Wildman–Crippen LogP) is 4.42. The lowest BCUT2D eigenvalue weighted by atomic mass is 10.2. The highest BCUT2D eigenvalue weighted by atomic mass is 79.9. The minimum atomic E-state index is 0.375. The summed E-state index contributed by atoms with van der Waals surface area (Å²) in [5.74, 6) is 2.03. The van der Waals surface area contributed by atoms with Crippen molar-refractivity contribution in [2.24, 2.45) is 5.16 Å². The van der Waals surface area contributed by atoms with Gasteiger partial charge in [0.2, 0.25) is 0 Å². The van der Waals surface area contributed by atoms with E-state index in [4.69, 9.17) is 19.4 Å². The molecule has 6 heteroatoms. The Kier molecular flexibility index (Phi) is 6.93. The normalized spacial score (nSPS) is 10.8. The van der Waals surface area contributed by atoms with Crippen molar-refractivity contribution < 1.29 is 19.4 Å². The van der Waals surface area contributed by atoms with Gasteiger partial charge in [0.1, 0.15) is 19.0 Å². The summed E-state index contributed by atoms with van der Waals surface area (Å²) in [6.45, 7) is 5.19. The van der Waals surface area contributed by atoms with Crippen LogP contribution in [0.1, 0.15) is 18.1 Å². The van der Waals surface area contributed by atoms with E-state index in [1.165, 1.54) is 6.21 Å². The van der Waals surface area contributed by atoms with Gasteiger partial charge in [0.05, 0.1) is 17.3 Å². The number of benzene rings is 2. The highest BCUT2D eigenvalue weighted by Crippen LogP contribution is 2.36. The maximum absolute atomic E-state index is 8.67. The zero-order chi connectivity index (χ0) is 17.4. The van der Waals surface area contributed by atoms with E-state index in [-0.39, 0.29) is 0 Å². The van der Waals surface area contributed by atoms with Gasteiger partial charge >= 0.3 is 0 Å². The Morgan fingerprint density at radius 3 is 2.54 bits per heavy atom. The summed E-state index contributed by atoms with van der Waals surface area (Å²) in [6, 6.07) is 11.4. The summed E-state index contributed by atoms with van der Waals surface area (Å²) in [5.41, 5.74) is 1.79. The molecule has 0 aliphatic carbocycles. The average molecular weight is 394 g/mol. The molecule has 24 heavy (non-hydrogen) atoms. The van der Waals surface area contributed by atoms with E-state index in [0.29, 0.717) is 36.9 Å². The van der Waals surface area contributed by atoms with Crippen LogP contribution in [0.15, 0.2) is 46.0 Å². The Labute approximate surface area is 150 Å². The van der Waals surface area contributed by atoms with Gasteiger partial charge in [-0.3, -0.25) is 0 Å². The van der Waals surface area contributed by atoms with Crippen LogP contribution in [0.25, 0.3) is 0 Å². The second-order valence-corrected chi connectivity index (χ2v) is 5.82. The molecule has 0 saturated carbocycles. The zero-order valence-electron chi connectivity index (χ0n) is 13.7. The molecule has 0 unspecified atom stereocenters. The quantitative estimate of drug-likeness (QED) is 0.312. The first-order chi connectivity index (χ1) is 11.7. The molecule has 0 aliphatic rings. The molecular formula is C18H20BrNO4. The van der Waals surface area contributed by atoms with E-state index >= 15 is 0 Å².